The molecule has 7 heteroatoms. The standard InChI is InChI=1S/C12H12FNO4S/c1-8(15)9-2-4-10(5-3-9)14-7-11(6-12(14)16)19(13,17)18/h2-5,11H,6-7H2,1H3. The van der Waals surface area contributed by atoms with Crippen LogP contribution in [0.3, 0.4) is 0 Å². The molecule has 1 atom stereocenters. The number of hydrogen-bond acceptors (Lipinski definition) is 4. The van der Waals surface area contributed by atoms with Gasteiger partial charge in [0.25, 0.3) is 0 Å². The molecule has 1 saturated heterocycles. The van der Waals surface area contributed by atoms with Crippen molar-refractivity contribution in [3.63, 3.8) is 0 Å². The molecule has 1 amide bonds. The van der Waals surface area contributed by atoms with Gasteiger partial charge in [0.15, 0.2) is 5.78 Å². The third-order valence-electron chi connectivity index (χ3n) is 3.07. The molecule has 1 aromatic carbocycles. The van der Waals surface area contributed by atoms with Crippen LogP contribution >= 0.6 is 0 Å². The smallest absolute Gasteiger partial charge is 0.307 e. The summed E-state index contributed by atoms with van der Waals surface area (Å²) in [6.45, 7) is 1.22. The van der Waals surface area contributed by atoms with Crippen LogP contribution in [0.1, 0.15) is 23.7 Å². The molecule has 0 bridgehead atoms. The molecule has 1 aromatic rings. The van der Waals surface area contributed by atoms with E-state index in [0.717, 1.165) is 0 Å². The van der Waals surface area contributed by atoms with Crippen LogP contribution in [-0.2, 0) is 15.0 Å². The normalized spacial score (nSPS) is 19.8. The number of hydrogen-bond donors (Lipinski definition) is 0. The summed E-state index contributed by atoms with van der Waals surface area (Å²) < 4.78 is 34.5. The molecule has 1 unspecified atom stereocenters. The van der Waals surface area contributed by atoms with Crippen molar-refractivity contribution in [1.82, 2.24) is 0 Å². The number of nitrogens with zero attached hydrogens (tertiary/aromatic N) is 1. The predicted molar refractivity (Wildman–Crippen MR) is 67.2 cm³/mol. The molecule has 2 rings (SSSR count). The number of carbonyl (C=O) groups is 2. The van der Waals surface area contributed by atoms with Gasteiger partial charge < -0.3 is 4.90 Å². The van der Waals surface area contributed by atoms with Crippen LogP contribution in [0, 0.1) is 0 Å². The zero-order chi connectivity index (χ0) is 14.2. The molecular weight excluding hydrogens is 273 g/mol. The number of halogens is 1. The average Bonchev–Trinajstić information content (AvgIpc) is 2.71. The fourth-order valence-corrected chi connectivity index (χ4v) is 2.66. The van der Waals surface area contributed by atoms with E-state index >= 15 is 0 Å². The number of benzene rings is 1. The lowest BCUT2D eigenvalue weighted by molar-refractivity contribution is -0.117. The van der Waals surface area contributed by atoms with Crippen molar-refractivity contribution in [3.05, 3.63) is 29.8 Å². The molecule has 0 N–H and O–H groups in total. The minimum atomic E-state index is -4.71. The van der Waals surface area contributed by atoms with Gasteiger partial charge in [-0.1, -0.05) is 0 Å². The quantitative estimate of drug-likeness (QED) is 0.620. The maximum absolute atomic E-state index is 12.9. The molecule has 0 spiro atoms. The van der Waals surface area contributed by atoms with Crippen molar-refractivity contribution in [1.29, 1.82) is 0 Å². The Morgan fingerprint density at radius 1 is 1.32 bits per heavy atom. The molecule has 0 aromatic heterocycles. The van der Waals surface area contributed by atoms with Crippen LogP contribution in [0.4, 0.5) is 9.57 Å². The highest BCUT2D eigenvalue weighted by atomic mass is 32.3. The van der Waals surface area contributed by atoms with Crippen molar-refractivity contribution in [2.45, 2.75) is 18.6 Å². The Kier molecular flexibility index (Phi) is 3.40. The minimum Gasteiger partial charge on any atom is -0.311 e. The second-order valence-electron chi connectivity index (χ2n) is 4.41. The molecule has 102 valence electrons. The highest BCUT2D eigenvalue weighted by molar-refractivity contribution is 7.87. The lowest BCUT2D eigenvalue weighted by atomic mass is 10.1. The van der Waals surface area contributed by atoms with Gasteiger partial charge in [-0.15, -0.1) is 3.89 Å². The minimum absolute atomic E-state index is 0.108. The predicted octanol–water partition coefficient (Wildman–Crippen LogP) is 1.29. The number of carbonyl (C=O) groups excluding carboxylic acids is 2. The molecule has 0 saturated carbocycles. The summed E-state index contributed by atoms with van der Waals surface area (Å²) in [7, 11) is -4.71. The van der Waals surface area contributed by atoms with Crippen LogP contribution in [0.2, 0.25) is 0 Å². The van der Waals surface area contributed by atoms with Gasteiger partial charge in [0.05, 0.1) is 0 Å². The zero-order valence-corrected chi connectivity index (χ0v) is 11.0. The summed E-state index contributed by atoms with van der Waals surface area (Å²) in [5.74, 6) is -0.551. The molecular formula is C12H12FNO4S. The summed E-state index contributed by atoms with van der Waals surface area (Å²) in [6, 6.07) is 6.17. The topological polar surface area (TPSA) is 71.5 Å². The molecule has 1 fully saturated rings. The van der Waals surface area contributed by atoms with Crippen molar-refractivity contribution < 1.29 is 21.9 Å². The van der Waals surface area contributed by atoms with Crippen LogP contribution in [-0.4, -0.2) is 31.9 Å². The van der Waals surface area contributed by atoms with Gasteiger partial charge in [0.2, 0.25) is 5.91 Å². The second kappa shape index (κ2) is 4.73. The van der Waals surface area contributed by atoms with E-state index in [-0.39, 0.29) is 18.7 Å². The van der Waals surface area contributed by atoms with E-state index in [1.807, 2.05) is 0 Å². The maximum Gasteiger partial charge on any atom is 0.307 e. The Balaban J connectivity index is 2.23. The fraction of sp³-hybridized carbons (Fsp3) is 0.333. The van der Waals surface area contributed by atoms with E-state index in [1.165, 1.54) is 11.8 Å². The maximum atomic E-state index is 12.9. The van der Waals surface area contributed by atoms with Gasteiger partial charge in [0, 0.05) is 24.2 Å². The monoisotopic (exact) mass is 285 g/mol. The van der Waals surface area contributed by atoms with Gasteiger partial charge in [0.1, 0.15) is 5.25 Å². The highest BCUT2D eigenvalue weighted by Gasteiger charge is 2.38. The lowest BCUT2D eigenvalue weighted by Gasteiger charge is -2.16. The van der Waals surface area contributed by atoms with E-state index in [0.29, 0.717) is 11.3 Å². The van der Waals surface area contributed by atoms with E-state index in [1.54, 1.807) is 24.3 Å². The van der Waals surface area contributed by atoms with Crippen molar-refractivity contribution in [2.24, 2.45) is 0 Å². The molecule has 5 nitrogen and oxygen atoms in total. The van der Waals surface area contributed by atoms with Crippen LogP contribution in [0.5, 0.6) is 0 Å². The van der Waals surface area contributed by atoms with Gasteiger partial charge in [-0.05, 0) is 31.2 Å². The SMILES string of the molecule is CC(=O)c1ccc(N2CC(S(=O)(=O)F)CC2=O)cc1. The molecule has 0 aliphatic carbocycles. The second-order valence-corrected chi connectivity index (χ2v) is 6.03. The van der Waals surface area contributed by atoms with Crippen molar-refractivity contribution in [3.8, 4) is 0 Å². The molecule has 1 aliphatic heterocycles. The number of Topliss-reactive ketones (excluding diaryl/α,β-unsaturated/α-hetero) is 1. The van der Waals surface area contributed by atoms with Gasteiger partial charge >= 0.3 is 10.2 Å². The van der Waals surface area contributed by atoms with Gasteiger partial charge in [-0.25, -0.2) is 0 Å². The largest absolute Gasteiger partial charge is 0.311 e. The molecule has 0 radical (unpaired) electrons. The Hall–Kier alpha value is -1.76. The molecule has 19 heavy (non-hydrogen) atoms. The molecule has 1 heterocycles. The van der Waals surface area contributed by atoms with Crippen LogP contribution in [0.15, 0.2) is 24.3 Å². The Bertz CT molecular complexity index is 624. The summed E-state index contributed by atoms with van der Waals surface area (Å²) >= 11 is 0. The Labute approximate surface area is 110 Å². The number of ketones is 1. The van der Waals surface area contributed by atoms with E-state index in [9.17, 15) is 21.9 Å². The summed E-state index contributed by atoms with van der Waals surface area (Å²) in [5, 5.41) is -1.31. The Morgan fingerprint density at radius 2 is 1.89 bits per heavy atom. The van der Waals surface area contributed by atoms with E-state index in [2.05, 4.69) is 0 Å². The number of anilines is 1. The highest BCUT2D eigenvalue weighted by Crippen LogP contribution is 2.26. The Morgan fingerprint density at radius 3 is 2.32 bits per heavy atom. The first kappa shape index (κ1) is 13.7. The average molecular weight is 285 g/mol. The van der Waals surface area contributed by atoms with E-state index < -0.39 is 21.4 Å². The summed E-state index contributed by atoms with van der Waals surface area (Å²) in [5.41, 5.74) is 0.950. The third kappa shape index (κ3) is 2.81. The summed E-state index contributed by atoms with van der Waals surface area (Å²) in [4.78, 5) is 24.0. The number of rotatable bonds is 3. The zero-order valence-electron chi connectivity index (χ0n) is 10.2. The van der Waals surface area contributed by atoms with Crippen LogP contribution in [0.25, 0.3) is 0 Å². The lowest BCUT2D eigenvalue weighted by Crippen LogP contribution is -2.26. The first-order valence-electron chi connectivity index (χ1n) is 5.64. The van der Waals surface area contributed by atoms with Gasteiger partial charge in [-0.2, -0.15) is 8.42 Å². The number of amides is 1. The van der Waals surface area contributed by atoms with Crippen molar-refractivity contribution >= 4 is 27.6 Å². The van der Waals surface area contributed by atoms with E-state index in [4.69, 9.17) is 0 Å². The third-order valence-corrected chi connectivity index (χ3v) is 4.19. The summed E-state index contributed by atoms with van der Waals surface area (Å²) in [6.07, 6.45) is -0.354. The molecule has 1 aliphatic rings. The first-order valence-corrected chi connectivity index (χ1v) is 7.08. The van der Waals surface area contributed by atoms with Crippen molar-refractivity contribution in [2.75, 3.05) is 11.4 Å². The fourth-order valence-electron chi connectivity index (χ4n) is 1.99. The van der Waals surface area contributed by atoms with Gasteiger partial charge in [-0.3, -0.25) is 9.59 Å². The van der Waals surface area contributed by atoms with Crippen LogP contribution < -0.4 is 4.90 Å². The first-order chi connectivity index (χ1) is 8.79.